The molecule has 0 fully saturated rings. The van der Waals surface area contributed by atoms with Gasteiger partial charge in [0.2, 0.25) is 0 Å². The Morgan fingerprint density at radius 1 is 1.18 bits per heavy atom. The highest BCUT2D eigenvalue weighted by molar-refractivity contribution is 6.42. The van der Waals surface area contributed by atoms with E-state index < -0.39 is 39.9 Å². The molecule has 3 aromatic rings. The second-order valence-electron chi connectivity index (χ2n) is 5.83. The zero-order valence-corrected chi connectivity index (χ0v) is 15.6. The Balaban J connectivity index is 2.48. The van der Waals surface area contributed by atoms with Crippen LogP contribution in [-0.4, -0.2) is 15.7 Å². The Morgan fingerprint density at radius 3 is 2.32 bits per heavy atom. The monoisotopic (exact) mass is 431 g/mol. The highest BCUT2D eigenvalue weighted by atomic mass is 35.5. The van der Waals surface area contributed by atoms with Gasteiger partial charge in [-0.25, -0.2) is 4.39 Å². The van der Waals surface area contributed by atoms with Crippen molar-refractivity contribution < 1.29 is 22.4 Å². The van der Waals surface area contributed by atoms with Crippen LogP contribution in [0, 0.1) is 5.82 Å². The van der Waals surface area contributed by atoms with Gasteiger partial charge in [-0.3, -0.25) is 9.48 Å². The number of nitrogens with zero attached hydrogens (tertiary/aromatic N) is 2. The van der Waals surface area contributed by atoms with Crippen molar-refractivity contribution in [3.8, 4) is 22.4 Å². The molecule has 0 unspecified atom stereocenters. The number of benzene rings is 2. The van der Waals surface area contributed by atoms with Gasteiger partial charge in [-0.15, -0.1) is 0 Å². The summed E-state index contributed by atoms with van der Waals surface area (Å²) in [5.41, 5.74) is 2.49. The minimum Gasteiger partial charge on any atom is -0.365 e. The van der Waals surface area contributed by atoms with Gasteiger partial charge in [-0.2, -0.15) is 18.3 Å². The van der Waals surface area contributed by atoms with Crippen LogP contribution in [0.25, 0.3) is 22.4 Å². The molecule has 0 aliphatic rings. The number of hydrogen-bond acceptors (Lipinski definition) is 2. The molecule has 0 radical (unpaired) electrons. The predicted molar refractivity (Wildman–Crippen MR) is 97.6 cm³/mol. The predicted octanol–water partition coefficient (Wildman–Crippen LogP) is 5.32. The van der Waals surface area contributed by atoms with Gasteiger partial charge in [0.1, 0.15) is 0 Å². The van der Waals surface area contributed by atoms with E-state index in [0.717, 1.165) is 11.7 Å². The highest BCUT2D eigenvalue weighted by Crippen LogP contribution is 2.44. The molecule has 0 aliphatic heterocycles. The molecule has 0 saturated carbocycles. The van der Waals surface area contributed by atoms with Crippen LogP contribution in [0.1, 0.15) is 16.1 Å². The minimum atomic E-state index is -4.97. The third-order valence-electron chi connectivity index (χ3n) is 4.05. The molecule has 1 heterocycles. The molecule has 146 valence electrons. The molecule has 1 amide bonds. The lowest BCUT2D eigenvalue weighted by atomic mass is 9.94. The second-order valence-corrected chi connectivity index (χ2v) is 6.62. The van der Waals surface area contributed by atoms with Crippen molar-refractivity contribution in [2.24, 2.45) is 12.8 Å². The van der Waals surface area contributed by atoms with Gasteiger partial charge < -0.3 is 5.73 Å². The van der Waals surface area contributed by atoms with Crippen LogP contribution in [0.15, 0.2) is 36.4 Å². The Hall–Kier alpha value is -2.58. The summed E-state index contributed by atoms with van der Waals surface area (Å²) in [7, 11) is 1.15. The maximum atomic E-state index is 15.1. The third kappa shape index (κ3) is 3.33. The number of carbonyl (C=O) groups is 1. The topological polar surface area (TPSA) is 60.9 Å². The normalized spacial score (nSPS) is 11.7. The number of hydrogen-bond donors (Lipinski definition) is 1. The van der Waals surface area contributed by atoms with E-state index in [1.54, 1.807) is 30.3 Å². The van der Waals surface area contributed by atoms with Crippen molar-refractivity contribution in [2.75, 3.05) is 0 Å². The first-order valence-corrected chi connectivity index (χ1v) is 8.47. The third-order valence-corrected chi connectivity index (χ3v) is 4.81. The number of carbonyl (C=O) groups excluding carboxylic acids is 1. The average molecular weight is 432 g/mol. The first-order chi connectivity index (χ1) is 13.0. The second kappa shape index (κ2) is 7.10. The number of alkyl halides is 3. The SMILES string of the molecule is Cn1nc(C(F)(F)F)c(C(N)=O)c1-c1c(-c2ccccc2)cc(Cl)c(Cl)c1F. The summed E-state index contributed by atoms with van der Waals surface area (Å²) in [5, 5.41) is 2.72. The van der Waals surface area contributed by atoms with Gasteiger partial charge in [0, 0.05) is 12.6 Å². The number of halogens is 6. The summed E-state index contributed by atoms with van der Waals surface area (Å²) in [5.74, 6) is -2.49. The standard InChI is InChI=1S/C18H11Cl2F4N3O/c1-27-15(12(17(25)28)16(26-27)18(22,23)24)11-9(8-5-3-2-4-6-8)7-10(19)13(20)14(11)21/h2-7H,1H3,(H2,25,28). The van der Waals surface area contributed by atoms with Crippen molar-refractivity contribution in [3.63, 3.8) is 0 Å². The van der Waals surface area contributed by atoms with Gasteiger partial charge in [0.05, 0.1) is 21.3 Å². The molecular formula is C18H11Cl2F4N3O. The average Bonchev–Trinajstić information content (AvgIpc) is 2.98. The quantitative estimate of drug-likeness (QED) is 0.450. The van der Waals surface area contributed by atoms with Gasteiger partial charge in [0.25, 0.3) is 5.91 Å². The fourth-order valence-corrected chi connectivity index (χ4v) is 3.26. The molecule has 10 heteroatoms. The Kier molecular flexibility index (Phi) is 5.12. The largest absolute Gasteiger partial charge is 0.435 e. The van der Waals surface area contributed by atoms with Gasteiger partial charge >= 0.3 is 6.18 Å². The number of primary amides is 1. The van der Waals surface area contributed by atoms with E-state index in [4.69, 9.17) is 28.9 Å². The summed E-state index contributed by atoms with van der Waals surface area (Å²) in [6, 6.07) is 9.53. The maximum absolute atomic E-state index is 15.1. The molecule has 2 N–H and O–H groups in total. The van der Waals surface area contributed by atoms with E-state index in [1.807, 2.05) is 0 Å². The Bertz CT molecular complexity index is 1080. The summed E-state index contributed by atoms with van der Waals surface area (Å²) in [6.07, 6.45) is -4.97. The number of aromatic nitrogens is 2. The van der Waals surface area contributed by atoms with E-state index in [2.05, 4.69) is 5.10 Å². The summed E-state index contributed by atoms with van der Waals surface area (Å²) in [4.78, 5) is 11.9. The number of aryl methyl sites for hydroxylation is 1. The molecule has 2 aromatic carbocycles. The molecule has 0 aliphatic carbocycles. The summed E-state index contributed by atoms with van der Waals surface area (Å²) >= 11 is 11.9. The van der Waals surface area contributed by atoms with E-state index in [-0.39, 0.29) is 16.1 Å². The molecule has 0 saturated heterocycles. The first kappa shape index (κ1) is 20.2. The number of nitrogens with two attached hydrogens (primary N) is 1. The highest BCUT2D eigenvalue weighted by Gasteiger charge is 2.42. The van der Waals surface area contributed by atoms with Crippen molar-refractivity contribution in [1.82, 2.24) is 9.78 Å². The summed E-state index contributed by atoms with van der Waals surface area (Å²) in [6.45, 7) is 0. The molecule has 0 spiro atoms. The van der Waals surface area contributed by atoms with Crippen LogP contribution >= 0.6 is 23.2 Å². The molecule has 4 nitrogen and oxygen atoms in total. The lowest BCUT2D eigenvalue weighted by molar-refractivity contribution is -0.141. The van der Waals surface area contributed by atoms with Crippen molar-refractivity contribution >= 4 is 29.1 Å². The molecule has 0 bridgehead atoms. The molecule has 0 atom stereocenters. The van der Waals surface area contributed by atoms with Crippen LogP contribution in [0.2, 0.25) is 10.0 Å². The zero-order chi connectivity index (χ0) is 20.8. The fraction of sp³-hybridized carbons (Fsp3) is 0.111. The lowest BCUT2D eigenvalue weighted by Gasteiger charge is -2.15. The van der Waals surface area contributed by atoms with Crippen LogP contribution in [-0.2, 0) is 13.2 Å². The van der Waals surface area contributed by atoms with E-state index in [0.29, 0.717) is 5.56 Å². The molecule has 3 rings (SSSR count). The van der Waals surface area contributed by atoms with Crippen LogP contribution < -0.4 is 5.73 Å². The van der Waals surface area contributed by atoms with E-state index in [9.17, 15) is 18.0 Å². The first-order valence-electron chi connectivity index (χ1n) is 7.71. The van der Waals surface area contributed by atoms with E-state index in [1.165, 1.54) is 6.07 Å². The Morgan fingerprint density at radius 2 is 1.79 bits per heavy atom. The van der Waals surface area contributed by atoms with Crippen LogP contribution in [0.4, 0.5) is 17.6 Å². The van der Waals surface area contributed by atoms with Gasteiger partial charge in [0.15, 0.2) is 11.5 Å². The summed E-state index contributed by atoms with van der Waals surface area (Å²) < 4.78 is 56.0. The van der Waals surface area contributed by atoms with Crippen molar-refractivity contribution in [3.05, 3.63) is 63.5 Å². The van der Waals surface area contributed by atoms with Gasteiger partial charge in [-0.1, -0.05) is 53.5 Å². The van der Waals surface area contributed by atoms with Crippen molar-refractivity contribution in [2.45, 2.75) is 6.18 Å². The van der Waals surface area contributed by atoms with E-state index >= 15 is 4.39 Å². The zero-order valence-electron chi connectivity index (χ0n) is 14.1. The smallest absolute Gasteiger partial charge is 0.365 e. The maximum Gasteiger partial charge on any atom is 0.435 e. The van der Waals surface area contributed by atoms with Crippen LogP contribution in [0.5, 0.6) is 0 Å². The molecule has 1 aromatic heterocycles. The van der Waals surface area contributed by atoms with Gasteiger partial charge in [-0.05, 0) is 17.2 Å². The minimum absolute atomic E-state index is 0.131. The molecular weight excluding hydrogens is 421 g/mol. The fourth-order valence-electron chi connectivity index (χ4n) is 2.91. The molecule has 28 heavy (non-hydrogen) atoms. The number of amides is 1. The van der Waals surface area contributed by atoms with Crippen molar-refractivity contribution in [1.29, 1.82) is 0 Å². The van der Waals surface area contributed by atoms with Crippen LogP contribution in [0.3, 0.4) is 0 Å². The lowest BCUT2D eigenvalue weighted by Crippen LogP contribution is -2.18. The number of rotatable bonds is 3. The Labute approximate surface area is 166 Å².